The zero-order valence-corrected chi connectivity index (χ0v) is 13.2. The number of hydrogen-bond acceptors (Lipinski definition) is 2. The molecule has 2 unspecified atom stereocenters. The fourth-order valence-electron chi connectivity index (χ4n) is 2.37. The Morgan fingerprint density at radius 1 is 1.22 bits per heavy atom. The van der Waals surface area contributed by atoms with Gasteiger partial charge >= 0.3 is 0 Å². The van der Waals surface area contributed by atoms with Crippen molar-refractivity contribution in [2.45, 2.75) is 63.1 Å². The van der Waals surface area contributed by atoms with E-state index >= 15 is 0 Å². The SMILES string of the molecule is CCCC(NC)C(CC)Sc1ccc(C)cc1C. The maximum atomic E-state index is 3.48. The Hall–Kier alpha value is -0.470. The van der Waals surface area contributed by atoms with E-state index < -0.39 is 0 Å². The minimum Gasteiger partial charge on any atom is -0.316 e. The van der Waals surface area contributed by atoms with Crippen molar-refractivity contribution in [2.24, 2.45) is 0 Å². The highest BCUT2D eigenvalue weighted by molar-refractivity contribution is 8.00. The van der Waals surface area contributed by atoms with Crippen LogP contribution in [0.5, 0.6) is 0 Å². The lowest BCUT2D eigenvalue weighted by Crippen LogP contribution is -2.35. The number of aryl methyl sites for hydroxylation is 2. The Labute approximate surface area is 117 Å². The van der Waals surface area contributed by atoms with Crippen molar-refractivity contribution >= 4 is 11.8 Å². The molecule has 102 valence electrons. The van der Waals surface area contributed by atoms with Crippen molar-refractivity contribution in [2.75, 3.05) is 7.05 Å². The molecule has 18 heavy (non-hydrogen) atoms. The van der Waals surface area contributed by atoms with Gasteiger partial charge in [-0.25, -0.2) is 0 Å². The number of hydrogen-bond donors (Lipinski definition) is 1. The van der Waals surface area contributed by atoms with Crippen molar-refractivity contribution in [1.29, 1.82) is 0 Å². The molecule has 1 aromatic carbocycles. The van der Waals surface area contributed by atoms with Crippen LogP contribution in [0.1, 0.15) is 44.2 Å². The molecular weight excluding hydrogens is 238 g/mol. The van der Waals surface area contributed by atoms with Crippen LogP contribution in [0, 0.1) is 13.8 Å². The highest BCUT2D eigenvalue weighted by Gasteiger charge is 2.19. The third kappa shape index (κ3) is 4.33. The monoisotopic (exact) mass is 265 g/mol. The second kappa shape index (κ2) is 7.85. The largest absolute Gasteiger partial charge is 0.316 e. The maximum absolute atomic E-state index is 3.48. The molecule has 1 N–H and O–H groups in total. The second-order valence-corrected chi connectivity index (χ2v) is 6.30. The van der Waals surface area contributed by atoms with Gasteiger partial charge in [-0.05, 0) is 45.4 Å². The number of rotatable bonds is 7. The molecule has 0 aliphatic heterocycles. The minimum atomic E-state index is 0.616. The van der Waals surface area contributed by atoms with Gasteiger partial charge in [-0.1, -0.05) is 38.0 Å². The summed E-state index contributed by atoms with van der Waals surface area (Å²) in [6, 6.07) is 7.39. The standard InChI is InChI=1S/C16H27NS/c1-6-8-14(17-5)15(7-2)18-16-10-9-12(3)11-13(16)4/h9-11,14-15,17H,6-8H2,1-5H3. The molecule has 0 fully saturated rings. The molecule has 2 atom stereocenters. The Morgan fingerprint density at radius 3 is 2.44 bits per heavy atom. The Kier molecular flexibility index (Phi) is 6.80. The van der Waals surface area contributed by atoms with Crippen LogP contribution in [0.2, 0.25) is 0 Å². The molecule has 0 heterocycles. The molecule has 1 nitrogen and oxygen atoms in total. The molecule has 0 saturated carbocycles. The lowest BCUT2D eigenvalue weighted by atomic mass is 10.1. The summed E-state index contributed by atoms with van der Waals surface area (Å²) in [7, 11) is 2.09. The quantitative estimate of drug-likeness (QED) is 0.725. The summed E-state index contributed by atoms with van der Waals surface area (Å²) in [5, 5.41) is 4.15. The number of thioether (sulfide) groups is 1. The van der Waals surface area contributed by atoms with Crippen molar-refractivity contribution in [3.8, 4) is 0 Å². The van der Waals surface area contributed by atoms with E-state index in [9.17, 15) is 0 Å². The van der Waals surface area contributed by atoms with Crippen molar-refractivity contribution in [3.05, 3.63) is 29.3 Å². The Balaban J connectivity index is 2.78. The first-order valence-corrected chi connectivity index (χ1v) is 7.91. The number of nitrogens with one attached hydrogen (secondary N) is 1. The third-order valence-corrected chi connectivity index (χ3v) is 5.11. The van der Waals surface area contributed by atoms with E-state index in [4.69, 9.17) is 0 Å². The van der Waals surface area contributed by atoms with Crippen LogP contribution in [0.4, 0.5) is 0 Å². The van der Waals surface area contributed by atoms with Crippen LogP contribution < -0.4 is 5.32 Å². The second-order valence-electron chi connectivity index (χ2n) is 5.02. The Morgan fingerprint density at radius 2 is 1.94 bits per heavy atom. The van der Waals surface area contributed by atoms with E-state index in [-0.39, 0.29) is 0 Å². The molecule has 0 aliphatic rings. The van der Waals surface area contributed by atoms with Crippen LogP contribution in [-0.4, -0.2) is 18.3 Å². The molecule has 0 spiro atoms. The van der Waals surface area contributed by atoms with E-state index in [0.717, 1.165) is 0 Å². The average molecular weight is 265 g/mol. The van der Waals surface area contributed by atoms with Crippen LogP contribution >= 0.6 is 11.8 Å². The zero-order valence-electron chi connectivity index (χ0n) is 12.4. The van der Waals surface area contributed by atoms with E-state index in [1.54, 1.807) is 0 Å². The van der Waals surface area contributed by atoms with Crippen LogP contribution in [-0.2, 0) is 0 Å². The van der Waals surface area contributed by atoms with Gasteiger partial charge in [0, 0.05) is 16.2 Å². The smallest absolute Gasteiger partial charge is 0.0245 e. The van der Waals surface area contributed by atoms with Gasteiger partial charge in [0.25, 0.3) is 0 Å². The van der Waals surface area contributed by atoms with Gasteiger partial charge in [0.2, 0.25) is 0 Å². The minimum absolute atomic E-state index is 0.616. The van der Waals surface area contributed by atoms with Gasteiger partial charge in [0.15, 0.2) is 0 Å². The van der Waals surface area contributed by atoms with Gasteiger partial charge in [0.05, 0.1) is 0 Å². The van der Waals surface area contributed by atoms with E-state index in [2.05, 4.69) is 58.3 Å². The molecule has 0 saturated heterocycles. The lowest BCUT2D eigenvalue weighted by molar-refractivity contribution is 0.490. The average Bonchev–Trinajstić information content (AvgIpc) is 2.36. The first-order valence-electron chi connectivity index (χ1n) is 7.03. The normalized spacial score (nSPS) is 14.5. The van der Waals surface area contributed by atoms with Crippen molar-refractivity contribution in [1.82, 2.24) is 5.32 Å². The van der Waals surface area contributed by atoms with E-state index in [0.29, 0.717) is 11.3 Å². The van der Waals surface area contributed by atoms with Gasteiger partial charge in [-0.3, -0.25) is 0 Å². The maximum Gasteiger partial charge on any atom is 0.0245 e. The fraction of sp³-hybridized carbons (Fsp3) is 0.625. The molecule has 0 aromatic heterocycles. The van der Waals surface area contributed by atoms with Gasteiger partial charge in [0.1, 0.15) is 0 Å². The van der Waals surface area contributed by atoms with E-state index in [1.807, 2.05) is 11.8 Å². The van der Waals surface area contributed by atoms with Gasteiger partial charge in [-0.15, -0.1) is 11.8 Å². The summed E-state index contributed by atoms with van der Waals surface area (Å²) in [6.45, 7) is 8.93. The van der Waals surface area contributed by atoms with Crippen LogP contribution in [0.15, 0.2) is 23.1 Å². The summed E-state index contributed by atoms with van der Waals surface area (Å²) < 4.78 is 0. The predicted molar refractivity (Wildman–Crippen MR) is 83.6 cm³/mol. The fourth-order valence-corrected chi connectivity index (χ4v) is 3.69. The highest BCUT2D eigenvalue weighted by Crippen LogP contribution is 2.31. The molecule has 1 aromatic rings. The molecule has 0 aliphatic carbocycles. The lowest BCUT2D eigenvalue weighted by Gasteiger charge is -2.26. The zero-order chi connectivity index (χ0) is 13.5. The summed E-state index contributed by atoms with van der Waals surface area (Å²) in [6.07, 6.45) is 3.71. The highest BCUT2D eigenvalue weighted by atomic mass is 32.2. The van der Waals surface area contributed by atoms with Gasteiger partial charge < -0.3 is 5.32 Å². The summed E-state index contributed by atoms with van der Waals surface area (Å²) in [5.74, 6) is 0. The first-order chi connectivity index (χ1) is 8.62. The molecular formula is C16H27NS. The summed E-state index contributed by atoms with van der Waals surface area (Å²) in [5.41, 5.74) is 2.76. The van der Waals surface area contributed by atoms with E-state index in [1.165, 1.54) is 35.3 Å². The molecule has 1 rings (SSSR count). The van der Waals surface area contributed by atoms with Gasteiger partial charge in [-0.2, -0.15) is 0 Å². The summed E-state index contributed by atoms with van der Waals surface area (Å²) in [4.78, 5) is 1.43. The van der Waals surface area contributed by atoms with Crippen molar-refractivity contribution in [3.63, 3.8) is 0 Å². The molecule has 0 radical (unpaired) electrons. The van der Waals surface area contributed by atoms with Crippen LogP contribution in [0.25, 0.3) is 0 Å². The first kappa shape index (κ1) is 15.6. The molecule has 0 bridgehead atoms. The molecule has 0 amide bonds. The topological polar surface area (TPSA) is 12.0 Å². The summed E-state index contributed by atoms with van der Waals surface area (Å²) >= 11 is 2.03. The molecule has 2 heteroatoms. The Bertz CT molecular complexity index is 362. The number of benzene rings is 1. The predicted octanol–water partition coefficient (Wildman–Crippen LogP) is 4.56. The third-order valence-electron chi connectivity index (χ3n) is 3.43. The van der Waals surface area contributed by atoms with Crippen LogP contribution in [0.3, 0.4) is 0 Å². The van der Waals surface area contributed by atoms with Crippen molar-refractivity contribution < 1.29 is 0 Å².